The highest BCUT2D eigenvalue weighted by molar-refractivity contribution is 5.80. The lowest BCUT2D eigenvalue weighted by molar-refractivity contribution is 1.27. The largest absolute Gasteiger partial charge is 0.248 e. The first-order valence-corrected chi connectivity index (χ1v) is 9.42. The highest BCUT2D eigenvalue weighted by Gasteiger charge is 2.09. The molecule has 28 heavy (non-hydrogen) atoms. The molecule has 0 radical (unpaired) electrons. The molecule has 0 fully saturated rings. The molecule has 2 aromatic carbocycles. The number of aromatic nitrogens is 1. The van der Waals surface area contributed by atoms with Crippen LogP contribution in [0.3, 0.4) is 0 Å². The summed E-state index contributed by atoms with van der Waals surface area (Å²) < 4.78 is 0. The maximum Gasteiger partial charge on any atom is 0.0715 e. The summed E-state index contributed by atoms with van der Waals surface area (Å²) in [6, 6.07) is 23.0. The molecule has 0 bridgehead atoms. The molecule has 0 aliphatic rings. The van der Waals surface area contributed by atoms with Crippen LogP contribution >= 0.6 is 0 Å². The lowest BCUT2D eigenvalue weighted by atomic mass is 9.98. The minimum Gasteiger partial charge on any atom is -0.248 e. The third-order valence-electron chi connectivity index (χ3n) is 4.66. The first kappa shape index (κ1) is 19.3. The molecular formula is C27H25N. The van der Waals surface area contributed by atoms with Gasteiger partial charge in [0.05, 0.1) is 11.4 Å². The van der Waals surface area contributed by atoms with Crippen molar-refractivity contribution in [2.45, 2.75) is 13.8 Å². The second-order valence-corrected chi connectivity index (χ2v) is 6.66. The molecule has 0 amide bonds. The van der Waals surface area contributed by atoms with E-state index in [1.807, 2.05) is 44.2 Å². The van der Waals surface area contributed by atoms with E-state index in [0.717, 1.165) is 44.8 Å². The first-order chi connectivity index (χ1) is 13.6. The van der Waals surface area contributed by atoms with Crippen molar-refractivity contribution in [1.82, 2.24) is 4.98 Å². The fourth-order valence-corrected chi connectivity index (χ4v) is 3.06. The maximum atomic E-state index is 4.96. The van der Waals surface area contributed by atoms with Crippen LogP contribution in [0, 0.1) is 0 Å². The van der Waals surface area contributed by atoms with E-state index in [2.05, 4.69) is 73.8 Å². The topological polar surface area (TPSA) is 12.9 Å². The molecule has 0 spiro atoms. The fraction of sp³-hybridized carbons (Fsp3) is 0.0741. The zero-order valence-corrected chi connectivity index (χ0v) is 16.5. The minimum atomic E-state index is 0.948. The van der Waals surface area contributed by atoms with Crippen LogP contribution in [-0.2, 0) is 0 Å². The summed E-state index contributed by atoms with van der Waals surface area (Å²) in [5.41, 5.74) is 8.59. The summed E-state index contributed by atoms with van der Waals surface area (Å²) in [6.07, 6.45) is 7.94. The first-order valence-electron chi connectivity index (χ1n) is 9.42. The van der Waals surface area contributed by atoms with Crippen LogP contribution in [0.15, 0.2) is 104 Å². The third kappa shape index (κ3) is 4.44. The van der Waals surface area contributed by atoms with Gasteiger partial charge < -0.3 is 0 Å². The van der Waals surface area contributed by atoms with Crippen molar-refractivity contribution in [2.75, 3.05) is 0 Å². The number of pyridine rings is 1. The molecular weight excluding hydrogens is 338 g/mol. The Balaban J connectivity index is 2.22. The summed E-state index contributed by atoms with van der Waals surface area (Å²) in [5, 5.41) is 0. The van der Waals surface area contributed by atoms with Gasteiger partial charge in [-0.15, -0.1) is 0 Å². The lowest BCUT2D eigenvalue weighted by Gasteiger charge is -2.11. The van der Waals surface area contributed by atoms with Crippen LogP contribution in [0.5, 0.6) is 0 Å². The summed E-state index contributed by atoms with van der Waals surface area (Å²) >= 11 is 0. The zero-order valence-electron chi connectivity index (χ0n) is 16.5. The molecule has 0 saturated carbocycles. The predicted molar refractivity (Wildman–Crippen MR) is 123 cm³/mol. The lowest BCUT2D eigenvalue weighted by Crippen LogP contribution is -1.94. The Bertz CT molecular complexity index is 1050. The van der Waals surface area contributed by atoms with Gasteiger partial charge in [-0.2, -0.15) is 0 Å². The molecule has 1 heterocycles. The van der Waals surface area contributed by atoms with E-state index in [1.165, 1.54) is 0 Å². The Morgan fingerprint density at radius 3 is 2.29 bits per heavy atom. The molecule has 0 N–H and O–H groups in total. The summed E-state index contributed by atoms with van der Waals surface area (Å²) in [6.45, 7) is 11.8. The van der Waals surface area contributed by atoms with Crippen molar-refractivity contribution >= 4 is 11.6 Å². The van der Waals surface area contributed by atoms with E-state index in [-0.39, 0.29) is 0 Å². The number of rotatable bonds is 6. The second-order valence-electron chi connectivity index (χ2n) is 6.66. The van der Waals surface area contributed by atoms with Crippen LogP contribution in [0.1, 0.15) is 25.1 Å². The average Bonchev–Trinajstić information content (AvgIpc) is 2.77. The quantitative estimate of drug-likeness (QED) is 0.411. The average molecular weight is 364 g/mol. The summed E-state index contributed by atoms with van der Waals surface area (Å²) in [5.74, 6) is 0. The van der Waals surface area contributed by atoms with Crippen LogP contribution in [0.2, 0.25) is 0 Å². The SMILES string of the molecule is C=C/C(C)=C\C(=C/C)c1cc(-c2cccc(C=C)c2)cc(-c2ccccc2)n1. The fourth-order valence-electron chi connectivity index (χ4n) is 3.06. The van der Waals surface area contributed by atoms with Crippen molar-refractivity contribution in [2.24, 2.45) is 0 Å². The van der Waals surface area contributed by atoms with Crippen molar-refractivity contribution in [1.29, 1.82) is 0 Å². The van der Waals surface area contributed by atoms with E-state index in [4.69, 9.17) is 4.98 Å². The van der Waals surface area contributed by atoms with E-state index in [9.17, 15) is 0 Å². The van der Waals surface area contributed by atoms with Crippen molar-refractivity contribution < 1.29 is 0 Å². The Hall–Kier alpha value is -3.45. The predicted octanol–water partition coefficient (Wildman–Crippen LogP) is 7.59. The summed E-state index contributed by atoms with van der Waals surface area (Å²) in [4.78, 5) is 4.96. The Morgan fingerprint density at radius 1 is 0.857 bits per heavy atom. The molecule has 0 saturated heterocycles. The van der Waals surface area contributed by atoms with E-state index in [1.54, 1.807) is 0 Å². The van der Waals surface area contributed by atoms with Gasteiger partial charge >= 0.3 is 0 Å². The van der Waals surface area contributed by atoms with Crippen LogP contribution < -0.4 is 0 Å². The molecule has 138 valence electrons. The van der Waals surface area contributed by atoms with Gasteiger partial charge in [0.2, 0.25) is 0 Å². The number of nitrogens with zero attached hydrogens (tertiary/aromatic N) is 1. The smallest absolute Gasteiger partial charge is 0.0715 e. The van der Waals surface area contributed by atoms with Gasteiger partial charge in [0.25, 0.3) is 0 Å². The van der Waals surface area contributed by atoms with Crippen LogP contribution in [-0.4, -0.2) is 4.98 Å². The number of benzene rings is 2. The number of allylic oxidation sites excluding steroid dienone is 5. The van der Waals surface area contributed by atoms with Gasteiger partial charge in [-0.05, 0) is 54.3 Å². The van der Waals surface area contributed by atoms with E-state index in [0.29, 0.717) is 0 Å². The minimum absolute atomic E-state index is 0.948. The molecule has 0 aliphatic carbocycles. The summed E-state index contributed by atoms with van der Waals surface area (Å²) in [7, 11) is 0. The number of hydrogen-bond acceptors (Lipinski definition) is 1. The molecule has 0 atom stereocenters. The monoisotopic (exact) mass is 363 g/mol. The maximum absolute atomic E-state index is 4.96. The van der Waals surface area contributed by atoms with Gasteiger partial charge in [0.1, 0.15) is 0 Å². The highest BCUT2D eigenvalue weighted by Crippen LogP contribution is 2.30. The van der Waals surface area contributed by atoms with Crippen LogP contribution in [0.25, 0.3) is 34.0 Å². The molecule has 3 rings (SSSR count). The Kier molecular flexibility index (Phi) is 6.18. The normalized spacial score (nSPS) is 11.9. The molecule has 3 aromatic rings. The number of hydrogen-bond donors (Lipinski definition) is 0. The van der Waals surface area contributed by atoms with Gasteiger partial charge in [-0.1, -0.05) is 91.6 Å². The van der Waals surface area contributed by atoms with Gasteiger partial charge in [-0.25, -0.2) is 4.98 Å². The highest BCUT2D eigenvalue weighted by atomic mass is 14.7. The van der Waals surface area contributed by atoms with Gasteiger partial charge in [-0.3, -0.25) is 0 Å². The Morgan fingerprint density at radius 2 is 1.61 bits per heavy atom. The zero-order chi connectivity index (χ0) is 19.9. The van der Waals surface area contributed by atoms with Crippen molar-refractivity contribution in [3.63, 3.8) is 0 Å². The van der Waals surface area contributed by atoms with E-state index < -0.39 is 0 Å². The second kappa shape index (κ2) is 8.96. The standard InChI is InChI=1S/C27H25N/c1-5-20(4)16-22(7-3)26-18-25(24-15-11-12-21(6-2)17-24)19-27(28-26)23-13-9-8-10-14-23/h5-19H,1-2H2,3-4H3/b20-16-,22-7+. The van der Waals surface area contributed by atoms with Gasteiger partial charge in [0, 0.05) is 5.56 Å². The molecule has 1 aromatic heterocycles. The molecule has 0 unspecified atom stereocenters. The molecule has 1 heteroatoms. The Labute approximate surface area is 168 Å². The molecule has 1 nitrogen and oxygen atoms in total. The van der Waals surface area contributed by atoms with Crippen molar-refractivity contribution in [3.8, 4) is 22.4 Å². The van der Waals surface area contributed by atoms with Crippen molar-refractivity contribution in [3.05, 3.63) is 115 Å². The third-order valence-corrected chi connectivity index (χ3v) is 4.66. The van der Waals surface area contributed by atoms with E-state index >= 15 is 0 Å². The van der Waals surface area contributed by atoms with Crippen LogP contribution in [0.4, 0.5) is 0 Å². The van der Waals surface area contributed by atoms with Gasteiger partial charge in [0.15, 0.2) is 0 Å². The molecule has 0 aliphatic heterocycles.